The van der Waals surface area contributed by atoms with Crippen molar-refractivity contribution in [1.82, 2.24) is 0 Å². The Morgan fingerprint density at radius 3 is 1.36 bits per heavy atom. The van der Waals surface area contributed by atoms with E-state index >= 15 is 0 Å². The molecular weight excluding hydrogens is 312 g/mol. The SMILES string of the molecule is [CH2]OC(c1ccccc1)(c1ccc(OC)cc1)c1ccc(OC)cc1. The molecule has 0 saturated carbocycles. The first kappa shape index (κ1) is 17.1. The van der Waals surface area contributed by atoms with Gasteiger partial charge in [0, 0.05) is 0 Å². The fraction of sp³-hybridized carbons (Fsp3) is 0.136. The number of ether oxygens (including phenoxy) is 3. The predicted octanol–water partition coefficient (Wildman–Crippen LogP) is 4.80. The van der Waals surface area contributed by atoms with E-state index in [9.17, 15) is 0 Å². The molecule has 0 heterocycles. The van der Waals surface area contributed by atoms with Gasteiger partial charge in [0.1, 0.15) is 17.1 Å². The van der Waals surface area contributed by atoms with E-state index in [0.29, 0.717) is 0 Å². The highest BCUT2D eigenvalue weighted by atomic mass is 16.5. The van der Waals surface area contributed by atoms with E-state index in [1.165, 1.54) is 0 Å². The molecule has 3 aromatic carbocycles. The molecule has 0 aromatic heterocycles. The average Bonchev–Trinajstić information content (AvgIpc) is 2.71. The highest BCUT2D eigenvalue weighted by Gasteiger charge is 2.36. The summed E-state index contributed by atoms with van der Waals surface area (Å²) in [6.07, 6.45) is 0. The molecule has 0 atom stereocenters. The van der Waals surface area contributed by atoms with Crippen LogP contribution in [-0.2, 0) is 10.3 Å². The van der Waals surface area contributed by atoms with Crippen molar-refractivity contribution in [3.8, 4) is 11.5 Å². The molecule has 0 fully saturated rings. The van der Waals surface area contributed by atoms with E-state index in [0.717, 1.165) is 28.2 Å². The quantitative estimate of drug-likeness (QED) is 0.606. The summed E-state index contributed by atoms with van der Waals surface area (Å²) >= 11 is 0. The molecule has 3 aromatic rings. The van der Waals surface area contributed by atoms with E-state index in [1.54, 1.807) is 14.2 Å². The van der Waals surface area contributed by atoms with Crippen LogP contribution in [0.25, 0.3) is 0 Å². The number of hydrogen-bond acceptors (Lipinski definition) is 3. The molecule has 0 amide bonds. The lowest BCUT2D eigenvalue weighted by atomic mass is 9.80. The molecule has 0 N–H and O–H groups in total. The highest BCUT2D eigenvalue weighted by molar-refractivity contribution is 5.49. The second kappa shape index (κ2) is 7.41. The van der Waals surface area contributed by atoms with Gasteiger partial charge >= 0.3 is 0 Å². The zero-order valence-corrected chi connectivity index (χ0v) is 14.4. The molecule has 0 aliphatic carbocycles. The Kier molecular flexibility index (Phi) is 5.05. The lowest BCUT2D eigenvalue weighted by molar-refractivity contribution is 0.0917. The van der Waals surface area contributed by atoms with Crippen molar-refractivity contribution < 1.29 is 14.2 Å². The molecule has 0 unspecified atom stereocenters. The minimum atomic E-state index is -0.820. The van der Waals surface area contributed by atoms with E-state index in [4.69, 9.17) is 14.2 Å². The second-order valence-electron chi connectivity index (χ2n) is 5.65. The Labute approximate surface area is 148 Å². The van der Waals surface area contributed by atoms with Gasteiger partial charge < -0.3 is 14.2 Å². The minimum absolute atomic E-state index is 0.796. The molecule has 0 aliphatic rings. The summed E-state index contributed by atoms with van der Waals surface area (Å²) in [5, 5.41) is 0. The fourth-order valence-electron chi connectivity index (χ4n) is 3.07. The third-order valence-corrected chi connectivity index (χ3v) is 4.39. The Balaban J connectivity index is 2.21. The summed E-state index contributed by atoms with van der Waals surface area (Å²) in [6.45, 7) is 0. The van der Waals surface area contributed by atoms with Crippen molar-refractivity contribution in [3.63, 3.8) is 0 Å². The summed E-state index contributed by atoms with van der Waals surface area (Å²) in [4.78, 5) is 0. The maximum atomic E-state index is 5.91. The average molecular weight is 333 g/mol. The van der Waals surface area contributed by atoms with Crippen LogP contribution < -0.4 is 9.47 Å². The van der Waals surface area contributed by atoms with Crippen molar-refractivity contribution >= 4 is 0 Å². The summed E-state index contributed by atoms with van der Waals surface area (Å²) in [5.41, 5.74) is 2.12. The first-order valence-corrected chi connectivity index (χ1v) is 8.02. The molecule has 0 spiro atoms. The first-order valence-electron chi connectivity index (χ1n) is 8.02. The Morgan fingerprint density at radius 1 is 0.600 bits per heavy atom. The maximum absolute atomic E-state index is 5.91. The van der Waals surface area contributed by atoms with Gasteiger partial charge in [0.15, 0.2) is 0 Å². The van der Waals surface area contributed by atoms with Crippen LogP contribution in [0, 0.1) is 7.11 Å². The molecule has 3 nitrogen and oxygen atoms in total. The van der Waals surface area contributed by atoms with Crippen molar-refractivity contribution in [2.45, 2.75) is 5.60 Å². The summed E-state index contributed by atoms with van der Waals surface area (Å²) in [5.74, 6) is 1.59. The van der Waals surface area contributed by atoms with E-state index < -0.39 is 5.60 Å². The van der Waals surface area contributed by atoms with Crippen molar-refractivity contribution in [2.24, 2.45) is 0 Å². The molecule has 3 rings (SSSR count). The normalized spacial score (nSPS) is 11.2. The van der Waals surface area contributed by atoms with Crippen LogP contribution >= 0.6 is 0 Å². The van der Waals surface area contributed by atoms with E-state index in [-0.39, 0.29) is 0 Å². The van der Waals surface area contributed by atoms with Crippen LogP contribution in [0.3, 0.4) is 0 Å². The maximum Gasteiger partial charge on any atom is 0.143 e. The van der Waals surface area contributed by atoms with E-state index in [2.05, 4.69) is 7.11 Å². The molecule has 0 bridgehead atoms. The lowest BCUT2D eigenvalue weighted by Crippen LogP contribution is -2.30. The van der Waals surface area contributed by atoms with Crippen LogP contribution in [0.2, 0.25) is 0 Å². The third kappa shape index (κ3) is 3.11. The standard InChI is InChI=1S/C22H21O3/c1-23-20-13-9-18(10-14-20)22(25-3,17-7-5-4-6-8-17)19-11-15-21(24-2)16-12-19/h4-16H,3H2,1-2H3. The van der Waals surface area contributed by atoms with Gasteiger partial charge in [-0.25, -0.2) is 0 Å². The van der Waals surface area contributed by atoms with Crippen LogP contribution in [0.1, 0.15) is 16.7 Å². The molecule has 3 heteroatoms. The van der Waals surface area contributed by atoms with Crippen LogP contribution in [0.15, 0.2) is 78.9 Å². The van der Waals surface area contributed by atoms with Crippen LogP contribution in [-0.4, -0.2) is 14.2 Å². The summed E-state index contributed by atoms with van der Waals surface area (Å²) in [7, 11) is 7.12. The Morgan fingerprint density at radius 2 is 1.00 bits per heavy atom. The third-order valence-electron chi connectivity index (χ3n) is 4.39. The molecular formula is C22H21O3. The number of methoxy groups -OCH3 is 2. The van der Waals surface area contributed by atoms with Crippen LogP contribution in [0.5, 0.6) is 11.5 Å². The molecule has 25 heavy (non-hydrogen) atoms. The van der Waals surface area contributed by atoms with E-state index in [1.807, 2.05) is 78.9 Å². The monoisotopic (exact) mass is 333 g/mol. The summed E-state index contributed by atoms with van der Waals surface area (Å²) < 4.78 is 16.5. The zero-order valence-electron chi connectivity index (χ0n) is 14.4. The minimum Gasteiger partial charge on any atom is -0.497 e. The lowest BCUT2D eigenvalue weighted by Gasteiger charge is -2.34. The van der Waals surface area contributed by atoms with Crippen molar-refractivity contribution in [1.29, 1.82) is 0 Å². The predicted molar refractivity (Wildman–Crippen MR) is 98.8 cm³/mol. The van der Waals surface area contributed by atoms with Gasteiger partial charge in [0.05, 0.1) is 21.3 Å². The molecule has 0 saturated heterocycles. The Hall–Kier alpha value is -2.78. The molecule has 0 aliphatic heterocycles. The highest BCUT2D eigenvalue weighted by Crippen LogP contribution is 2.41. The summed E-state index contributed by atoms with van der Waals surface area (Å²) in [6, 6.07) is 25.8. The second-order valence-corrected chi connectivity index (χ2v) is 5.65. The van der Waals surface area contributed by atoms with Crippen molar-refractivity contribution in [3.05, 3.63) is 103 Å². The van der Waals surface area contributed by atoms with Gasteiger partial charge in [-0.1, -0.05) is 54.6 Å². The smallest absolute Gasteiger partial charge is 0.143 e. The van der Waals surface area contributed by atoms with Crippen molar-refractivity contribution in [2.75, 3.05) is 14.2 Å². The van der Waals surface area contributed by atoms with Gasteiger partial charge in [-0.15, -0.1) is 0 Å². The molecule has 127 valence electrons. The number of hydrogen-bond donors (Lipinski definition) is 0. The fourth-order valence-corrected chi connectivity index (χ4v) is 3.07. The Bertz CT molecular complexity index is 745. The number of benzene rings is 3. The van der Waals surface area contributed by atoms with Crippen LogP contribution in [0.4, 0.5) is 0 Å². The van der Waals surface area contributed by atoms with Gasteiger partial charge in [-0.05, 0) is 41.0 Å². The van der Waals surface area contributed by atoms with Gasteiger partial charge in [-0.2, -0.15) is 0 Å². The number of rotatable bonds is 6. The largest absolute Gasteiger partial charge is 0.497 e. The first-order chi connectivity index (χ1) is 12.2. The van der Waals surface area contributed by atoms with Gasteiger partial charge in [0.2, 0.25) is 0 Å². The molecule has 1 radical (unpaired) electrons. The van der Waals surface area contributed by atoms with Gasteiger partial charge in [0.25, 0.3) is 0 Å². The van der Waals surface area contributed by atoms with Gasteiger partial charge in [-0.3, -0.25) is 0 Å². The zero-order chi connectivity index (χ0) is 17.7. The topological polar surface area (TPSA) is 27.7 Å².